The van der Waals surface area contributed by atoms with Gasteiger partial charge in [0.2, 0.25) is 10.0 Å². The third-order valence-corrected chi connectivity index (χ3v) is 6.49. The monoisotopic (exact) mass is 419 g/mol. The van der Waals surface area contributed by atoms with Gasteiger partial charge in [-0.05, 0) is 67.3 Å². The summed E-state index contributed by atoms with van der Waals surface area (Å²) in [7, 11) is -3.56. The largest absolute Gasteiger partial charge is 0.484 e. The Balaban J connectivity index is 1.56. The molecule has 28 heavy (non-hydrogen) atoms. The average Bonchev–Trinajstić information content (AvgIpc) is 3.14. The lowest BCUT2D eigenvalue weighted by molar-refractivity contribution is -0.118. The molecule has 0 saturated heterocycles. The number of fused-ring (bicyclic) bond motifs is 1. The second kappa shape index (κ2) is 8.68. The zero-order valence-electron chi connectivity index (χ0n) is 15.5. The van der Waals surface area contributed by atoms with E-state index in [1.165, 1.54) is 35.8 Å². The van der Waals surface area contributed by atoms with E-state index in [1.807, 2.05) is 25.1 Å². The topological polar surface area (TPSA) is 97.4 Å². The summed E-state index contributed by atoms with van der Waals surface area (Å²) in [6, 6.07) is 11.4. The molecule has 1 aromatic heterocycles. The van der Waals surface area contributed by atoms with Crippen LogP contribution in [0.25, 0.3) is 10.1 Å². The maximum Gasteiger partial charge on any atom is 0.262 e. The zero-order chi connectivity index (χ0) is 20.1. The summed E-state index contributed by atoms with van der Waals surface area (Å²) >= 11 is 1.39. The smallest absolute Gasteiger partial charge is 0.262 e. The number of anilines is 1. The lowest BCUT2D eigenvalue weighted by Gasteiger charge is -2.12. The SMILES string of the molecule is CCC(C)NS(=O)(=O)c1ccc(OCC(=O)Nc2ccc3sncc3c2)cc1. The third kappa shape index (κ3) is 5.06. The molecule has 1 heterocycles. The van der Waals surface area contributed by atoms with Crippen LogP contribution in [0.5, 0.6) is 5.75 Å². The maximum atomic E-state index is 12.2. The molecule has 0 aliphatic rings. The van der Waals surface area contributed by atoms with Crippen molar-refractivity contribution in [1.82, 2.24) is 9.10 Å². The predicted octanol–water partition coefficient (Wildman–Crippen LogP) is 3.39. The van der Waals surface area contributed by atoms with E-state index in [0.29, 0.717) is 17.9 Å². The van der Waals surface area contributed by atoms with Crippen molar-refractivity contribution in [2.45, 2.75) is 31.2 Å². The number of nitrogens with one attached hydrogen (secondary N) is 2. The van der Waals surface area contributed by atoms with Crippen LogP contribution in [-0.4, -0.2) is 31.3 Å². The molecule has 0 spiro atoms. The highest BCUT2D eigenvalue weighted by Gasteiger charge is 2.16. The highest BCUT2D eigenvalue weighted by molar-refractivity contribution is 7.89. The zero-order valence-corrected chi connectivity index (χ0v) is 17.1. The first kappa shape index (κ1) is 20.2. The van der Waals surface area contributed by atoms with Crippen molar-refractivity contribution in [3.8, 4) is 5.75 Å². The Morgan fingerprint density at radius 1 is 1.21 bits per heavy atom. The molecule has 3 aromatic rings. The van der Waals surface area contributed by atoms with E-state index in [-0.39, 0.29) is 23.5 Å². The van der Waals surface area contributed by atoms with Crippen LogP contribution in [0.4, 0.5) is 5.69 Å². The molecule has 1 unspecified atom stereocenters. The molecule has 9 heteroatoms. The minimum absolute atomic E-state index is 0.145. The molecule has 0 bridgehead atoms. The standard InChI is InChI=1S/C19H21N3O4S2/c1-3-13(2)22-28(24,25)17-7-5-16(6-8-17)26-12-19(23)21-15-4-9-18-14(10-15)11-20-27-18/h4-11,13,22H,3,12H2,1-2H3,(H,21,23). The first-order valence-electron chi connectivity index (χ1n) is 8.77. The van der Waals surface area contributed by atoms with Crippen LogP contribution in [0, 0.1) is 0 Å². The van der Waals surface area contributed by atoms with Gasteiger partial charge in [-0.1, -0.05) is 6.92 Å². The number of rotatable bonds is 8. The molecule has 2 N–H and O–H groups in total. The molecule has 7 nitrogen and oxygen atoms in total. The van der Waals surface area contributed by atoms with Crippen molar-refractivity contribution in [3.05, 3.63) is 48.7 Å². The van der Waals surface area contributed by atoms with Crippen LogP contribution >= 0.6 is 11.5 Å². The van der Waals surface area contributed by atoms with E-state index >= 15 is 0 Å². The molecular formula is C19H21N3O4S2. The normalized spacial score (nSPS) is 12.6. The molecule has 1 atom stereocenters. The van der Waals surface area contributed by atoms with E-state index in [9.17, 15) is 13.2 Å². The minimum Gasteiger partial charge on any atom is -0.484 e. The highest BCUT2D eigenvalue weighted by atomic mass is 32.2. The second-order valence-corrected chi connectivity index (χ2v) is 8.86. The van der Waals surface area contributed by atoms with E-state index < -0.39 is 10.0 Å². The van der Waals surface area contributed by atoms with Gasteiger partial charge in [-0.3, -0.25) is 4.79 Å². The fourth-order valence-corrected chi connectivity index (χ4v) is 4.38. The molecule has 0 fully saturated rings. The van der Waals surface area contributed by atoms with Crippen molar-refractivity contribution >= 4 is 43.2 Å². The second-order valence-electron chi connectivity index (χ2n) is 6.32. The Morgan fingerprint density at radius 3 is 2.68 bits per heavy atom. The number of hydrogen-bond acceptors (Lipinski definition) is 6. The summed E-state index contributed by atoms with van der Waals surface area (Å²) in [5.41, 5.74) is 0.666. The first-order valence-corrected chi connectivity index (χ1v) is 11.0. The van der Waals surface area contributed by atoms with E-state index in [1.54, 1.807) is 13.1 Å². The number of benzene rings is 2. The van der Waals surface area contributed by atoms with Crippen LogP contribution in [0.2, 0.25) is 0 Å². The van der Waals surface area contributed by atoms with Crippen LogP contribution in [0.15, 0.2) is 53.6 Å². The first-order chi connectivity index (χ1) is 13.4. The summed E-state index contributed by atoms with van der Waals surface area (Å²) in [6.45, 7) is 3.53. The predicted molar refractivity (Wildman–Crippen MR) is 110 cm³/mol. The van der Waals surface area contributed by atoms with Gasteiger partial charge in [0.15, 0.2) is 6.61 Å². The Hall–Kier alpha value is -2.49. The highest BCUT2D eigenvalue weighted by Crippen LogP contribution is 2.22. The molecule has 0 saturated carbocycles. The number of hydrogen-bond donors (Lipinski definition) is 2. The summed E-state index contributed by atoms with van der Waals surface area (Å²) in [6.07, 6.45) is 2.45. The fourth-order valence-electron chi connectivity index (χ4n) is 2.43. The van der Waals surface area contributed by atoms with Crippen LogP contribution in [0.3, 0.4) is 0 Å². The van der Waals surface area contributed by atoms with Crippen LogP contribution in [-0.2, 0) is 14.8 Å². The van der Waals surface area contributed by atoms with Gasteiger partial charge in [0, 0.05) is 23.3 Å². The molecule has 3 rings (SSSR count). The van der Waals surface area contributed by atoms with Crippen molar-refractivity contribution < 1.29 is 17.9 Å². The Bertz CT molecular complexity index is 1060. The van der Waals surface area contributed by atoms with E-state index in [0.717, 1.165) is 10.1 Å². The van der Waals surface area contributed by atoms with Crippen molar-refractivity contribution in [2.24, 2.45) is 0 Å². The number of nitrogens with zero attached hydrogens (tertiary/aromatic N) is 1. The number of amides is 1. The van der Waals surface area contributed by atoms with Crippen molar-refractivity contribution in [3.63, 3.8) is 0 Å². The van der Waals surface area contributed by atoms with Gasteiger partial charge in [-0.15, -0.1) is 0 Å². The van der Waals surface area contributed by atoms with E-state index in [4.69, 9.17) is 4.74 Å². The summed E-state index contributed by atoms with van der Waals surface area (Å²) in [4.78, 5) is 12.2. The molecule has 1 amide bonds. The molecule has 148 valence electrons. The van der Waals surface area contributed by atoms with Gasteiger partial charge in [0.25, 0.3) is 5.91 Å². The van der Waals surface area contributed by atoms with Gasteiger partial charge < -0.3 is 10.1 Å². The summed E-state index contributed by atoms with van der Waals surface area (Å²) in [5, 5.41) is 3.73. The van der Waals surface area contributed by atoms with E-state index in [2.05, 4.69) is 14.4 Å². The van der Waals surface area contributed by atoms with Gasteiger partial charge in [-0.25, -0.2) is 13.1 Å². The summed E-state index contributed by atoms with van der Waals surface area (Å²) in [5.74, 6) is 0.104. The number of carbonyl (C=O) groups excluding carboxylic acids is 1. The maximum absolute atomic E-state index is 12.2. The van der Waals surface area contributed by atoms with Gasteiger partial charge in [0.05, 0.1) is 9.60 Å². The Labute approximate surface area is 167 Å². The molecule has 0 aliphatic heterocycles. The molecular weight excluding hydrogens is 398 g/mol. The number of carbonyl (C=O) groups is 1. The molecule has 0 aliphatic carbocycles. The van der Waals surface area contributed by atoms with Crippen LogP contribution in [0.1, 0.15) is 20.3 Å². The van der Waals surface area contributed by atoms with Gasteiger partial charge in [0.1, 0.15) is 5.75 Å². The Morgan fingerprint density at radius 2 is 1.96 bits per heavy atom. The van der Waals surface area contributed by atoms with Crippen molar-refractivity contribution in [1.29, 1.82) is 0 Å². The van der Waals surface area contributed by atoms with Gasteiger partial charge >= 0.3 is 0 Å². The number of ether oxygens (including phenoxy) is 1. The lowest BCUT2D eigenvalue weighted by Crippen LogP contribution is -2.31. The fraction of sp³-hybridized carbons (Fsp3) is 0.263. The van der Waals surface area contributed by atoms with Gasteiger partial charge in [-0.2, -0.15) is 4.37 Å². The molecule has 2 aromatic carbocycles. The van der Waals surface area contributed by atoms with Crippen LogP contribution < -0.4 is 14.8 Å². The van der Waals surface area contributed by atoms with Crippen molar-refractivity contribution in [2.75, 3.05) is 11.9 Å². The summed E-state index contributed by atoms with van der Waals surface area (Å²) < 4.78 is 37.7. The average molecular weight is 420 g/mol. The number of aromatic nitrogens is 1. The third-order valence-electron chi connectivity index (χ3n) is 4.11. The molecule has 0 radical (unpaired) electrons. The quantitative estimate of drug-likeness (QED) is 0.583. The number of sulfonamides is 1. The Kier molecular flexibility index (Phi) is 6.28. The minimum atomic E-state index is -3.56. The lowest BCUT2D eigenvalue weighted by atomic mass is 10.2.